The van der Waals surface area contributed by atoms with Gasteiger partial charge in [-0.1, -0.05) is 29.8 Å². The van der Waals surface area contributed by atoms with Crippen LogP contribution in [0.25, 0.3) is 11.1 Å². The average molecular weight is 548 g/mol. The molecule has 0 spiro atoms. The summed E-state index contributed by atoms with van der Waals surface area (Å²) in [6, 6.07) is 10.8. The van der Waals surface area contributed by atoms with Crippen LogP contribution in [-0.4, -0.2) is 54.4 Å². The minimum Gasteiger partial charge on any atom is -0.494 e. The lowest BCUT2D eigenvalue weighted by molar-refractivity contribution is 0.201. The average Bonchev–Trinajstić information content (AvgIpc) is 3.40. The maximum absolute atomic E-state index is 12.8. The predicted molar refractivity (Wildman–Crippen MR) is 137 cm³/mol. The normalized spacial score (nSPS) is 11.2. The third-order valence-electron chi connectivity index (χ3n) is 4.79. The molecule has 188 valence electrons. The molecule has 3 aromatic heterocycles. The van der Waals surface area contributed by atoms with Gasteiger partial charge in [0.2, 0.25) is 15.9 Å². The Morgan fingerprint density at radius 3 is 2.44 bits per heavy atom. The molecule has 36 heavy (non-hydrogen) atoms. The van der Waals surface area contributed by atoms with Crippen molar-refractivity contribution < 1.29 is 22.6 Å². The van der Waals surface area contributed by atoms with Gasteiger partial charge >= 0.3 is 6.01 Å². The molecule has 0 bridgehead atoms. The molecule has 1 N–H and O–H groups in total. The highest BCUT2D eigenvalue weighted by Gasteiger charge is 2.20. The van der Waals surface area contributed by atoms with Gasteiger partial charge in [0.15, 0.2) is 11.6 Å². The third kappa shape index (κ3) is 7.03. The van der Waals surface area contributed by atoms with Crippen LogP contribution < -0.4 is 18.9 Å². The van der Waals surface area contributed by atoms with Gasteiger partial charge < -0.3 is 14.2 Å². The van der Waals surface area contributed by atoms with Crippen LogP contribution in [0.4, 0.5) is 5.82 Å². The second-order valence-corrected chi connectivity index (χ2v) is 10.6. The number of aryl methyl sites for hydroxylation is 1. The van der Waals surface area contributed by atoms with E-state index in [1.807, 2.05) is 17.5 Å². The molecule has 0 radical (unpaired) electrons. The van der Waals surface area contributed by atoms with Gasteiger partial charge in [0.05, 0.1) is 30.8 Å². The molecular formula is C23H22ClN5O5S2. The second kappa shape index (κ2) is 12.0. The summed E-state index contributed by atoms with van der Waals surface area (Å²) in [5, 5.41) is 2.44. The Labute approximate surface area is 217 Å². The van der Waals surface area contributed by atoms with E-state index in [0.29, 0.717) is 28.3 Å². The molecule has 10 nitrogen and oxygen atoms in total. The SMILES string of the molecule is COc1cnc(OCCOc2ncnc(NS(=O)(=O)CCc3cccs3)c2-c2ccc(Cl)cc2)nc1. The summed E-state index contributed by atoms with van der Waals surface area (Å²) in [5.41, 5.74) is 1.01. The van der Waals surface area contributed by atoms with Crippen molar-refractivity contribution in [2.24, 2.45) is 0 Å². The molecule has 13 heteroatoms. The quantitative estimate of drug-likeness (QED) is 0.261. The molecular weight excluding hydrogens is 526 g/mol. The Balaban J connectivity index is 1.50. The molecule has 0 aliphatic rings. The fourth-order valence-corrected chi connectivity index (χ4v) is 5.08. The fourth-order valence-electron chi connectivity index (χ4n) is 3.08. The van der Waals surface area contributed by atoms with Crippen LogP contribution in [-0.2, 0) is 16.4 Å². The fraction of sp³-hybridized carbons (Fsp3) is 0.217. The van der Waals surface area contributed by atoms with E-state index >= 15 is 0 Å². The number of benzene rings is 1. The van der Waals surface area contributed by atoms with Crippen LogP contribution in [0.3, 0.4) is 0 Å². The molecule has 0 saturated carbocycles. The second-order valence-electron chi connectivity index (χ2n) is 7.26. The summed E-state index contributed by atoms with van der Waals surface area (Å²) >= 11 is 7.55. The number of sulfonamides is 1. The van der Waals surface area contributed by atoms with Crippen molar-refractivity contribution in [2.75, 3.05) is 30.8 Å². The number of ether oxygens (including phenoxy) is 3. The summed E-state index contributed by atoms with van der Waals surface area (Å²) in [4.78, 5) is 17.4. The number of rotatable bonds is 12. The Morgan fingerprint density at radius 1 is 1.00 bits per heavy atom. The largest absolute Gasteiger partial charge is 0.494 e. The smallest absolute Gasteiger partial charge is 0.316 e. The van der Waals surface area contributed by atoms with E-state index in [2.05, 4.69) is 24.7 Å². The van der Waals surface area contributed by atoms with E-state index in [4.69, 9.17) is 25.8 Å². The summed E-state index contributed by atoms with van der Waals surface area (Å²) in [6.45, 7) is 0.218. The molecule has 1 aromatic carbocycles. The Bertz CT molecular complexity index is 1370. The summed E-state index contributed by atoms with van der Waals surface area (Å²) < 4.78 is 44.6. The van der Waals surface area contributed by atoms with Crippen LogP contribution in [0, 0.1) is 0 Å². The Morgan fingerprint density at radius 2 is 1.75 bits per heavy atom. The van der Waals surface area contributed by atoms with E-state index in [1.165, 1.54) is 37.2 Å². The van der Waals surface area contributed by atoms with Crippen molar-refractivity contribution in [2.45, 2.75) is 6.42 Å². The predicted octanol–water partition coefficient (Wildman–Crippen LogP) is 4.10. The van der Waals surface area contributed by atoms with Crippen LogP contribution >= 0.6 is 22.9 Å². The highest BCUT2D eigenvalue weighted by Crippen LogP contribution is 2.35. The lowest BCUT2D eigenvalue weighted by Gasteiger charge is -2.15. The third-order valence-corrected chi connectivity index (χ3v) is 7.22. The molecule has 0 amide bonds. The monoisotopic (exact) mass is 547 g/mol. The van der Waals surface area contributed by atoms with Crippen molar-refractivity contribution in [3.8, 4) is 28.8 Å². The molecule has 0 unspecified atom stereocenters. The highest BCUT2D eigenvalue weighted by atomic mass is 35.5. The first-order chi connectivity index (χ1) is 17.4. The summed E-state index contributed by atoms with van der Waals surface area (Å²) in [5.74, 6) is 0.705. The lowest BCUT2D eigenvalue weighted by Crippen LogP contribution is -2.20. The van der Waals surface area contributed by atoms with Gasteiger partial charge in [0, 0.05) is 9.90 Å². The summed E-state index contributed by atoms with van der Waals surface area (Å²) in [6.07, 6.45) is 4.61. The number of anilines is 1. The van der Waals surface area contributed by atoms with Crippen molar-refractivity contribution in [3.63, 3.8) is 0 Å². The maximum atomic E-state index is 12.8. The zero-order chi connectivity index (χ0) is 25.4. The van der Waals surface area contributed by atoms with Crippen LogP contribution in [0.15, 0.2) is 60.5 Å². The first kappa shape index (κ1) is 25.6. The first-order valence-electron chi connectivity index (χ1n) is 10.7. The maximum Gasteiger partial charge on any atom is 0.316 e. The van der Waals surface area contributed by atoms with Gasteiger partial charge in [-0.05, 0) is 35.6 Å². The number of methoxy groups -OCH3 is 1. The number of hydrogen-bond donors (Lipinski definition) is 1. The van der Waals surface area contributed by atoms with E-state index in [0.717, 1.165) is 4.88 Å². The van der Waals surface area contributed by atoms with E-state index in [9.17, 15) is 8.42 Å². The Kier molecular flexibility index (Phi) is 8.52. The molecule has 0 aliphatic heterocycles. The number of aromatic nitrogens is 4. The van der Waals surface area contributed by atoms with Crippen molar-refractivity contribution >= 4 is 38.8 Å². The van der Waals surface area contributed by atoms with Gasteiger partial charge in [0.25, 0.3) is 0 Å². The minimum atomic E-state index is -3.70. The zero-order valence-corrected chi connectivity index (χ0v) is 21.5. The van der Waals surface area contributed by atoms with Gasteiger partial charge in [-0.2, -0.15) is 9.97 Å². The van der Waals surface area contributed by atoms with Gasteiger partial charge in [-0.25, -0.2) is 18.4 Å². The molecule has 4 aromatic rings. The lowest BCUT2D eigenvalue weighted by atomic mass is 10.1. The molecule has 0 aliphatic carbocycles. The standard InChI is InChI=1S/C23H22ClN5O5S2/c1-32-18-13-25-23(26-14-18)34-10-9-33-22-20(16-4-6-17(24)7-5-16)21(27-15-28-22)29-36(30,31)12-8-19-3-2-11-35-19/h2-7,11,13-15H,8-10,12H2,1H3,(H,27,28,29). The van der Waals surface area contributed by atoms with Gasteiger partial charge in [-0.15, -0.1) is 11.3 Å². The first-order valence-corrected chi connectivity index (χ1v) is 13.6. The molecule has 3 heterocycles. The van der Waals surface area contributed by atoms with Crippen molar-refractivity contribution in [3.05, 3.63) is 70.4 Å². The minimum absolute atomic E-state index is 0.0938. The number of halogens is 1. The van der Waals surface area contributed by atoms with Crippen LogP contribution in [0.5, 0.6) is 17.6 Å². The zero-order valence-electron chi connectivity index (χ0n) is 19.1. The Hall–Kier alpha value is -3.48. The number of nitrogens with zero attached hydrogens (tertiary/aromatic N) is 4. The number of hydrogen-bond acceptors (Lipinski definition) is 10. The molecule has 0 atom stereocenters. The van der Waals surface area contributed by atoms with Gasteiger partial charge in [-0.3, -0.25) is 4.72 Å². The van der Waals surface area contributed by atoms with Gasteiger partial charge in [0.1, 0.15) is 19.5 Å². The van der Waals surface area contributed by atoms with Crippen molar-refractivity contribution in [1.29, 1.82) is 0 Å². The molecule has 4 rings (SSSR count). The van der Waals surface area contributed by atoms with E-state index < -0.39 is 10.0 Å². The van der Waals surface area contributed by atoms with E-state index in [1.54, 1.807) is 24.3 Å². The van der Waals surface area contributed by atoms with Crippen LogP contribution in [0.2, 0.25) is 5.02 Å². The molecule has 0 fully saturated rings. The van der Waals surface area contributed by atoms with E-state index in [-0.39, 0.29) is 36.7 Å². The number of thiophene rings is 1. The highest BCUT2D eigenvalue weighted by molar-refractivity contribution is 7.92. The molecule has 0 saturated heterocycles. The summed E-state index contributed by atoms with van der Waals surface area (Å²) in [7, 11) is -2.18. The van der Waals surface area contributed by atoms with Crippen LogP contribution in [0.1, 0.15) is 4.88 Å². The van der Waals surface area contributed by atoms with Crippen molar-refractivity contribution in [1.82, 2.24) is 19.9 Å². The number of nitrogens with one attached hydrogen (secondary N) is 1. The topological polar surface area (TPSA) is 125 Å².